The summed E-state index contributed by atoms with van der Waals surface area (Å²) in [6, 6.07) is 16.6. The number of carbonyl (C=O) groups excluding carboxylic acids is 2. The van der Waals surface area contributed by atoms with Crippen LogP contribution >= 0.6 is 0 Å². The second-order valence-corrected chi connectivity index (χ2v) is 7.05. The maximum Gasteiger partial charge on any atom is 0.255 e. The molecule has 0 heterocycles. The van der Waals surface area contributed by atoms with E-state index in [0.717, 1.165) is 11.1 Å². The van der Waals surface area contributed by atoms with Crippen molar-refractivity contribution in [1.82, 2.24) is 5.32 Å². The van der Waals surface area contributed by atoms with E-state index in [0.29, 0.717) is 11.3 Å². The van der Waals surface area contributed by atoms with E-state index >= 15 is 0 Å². The molecule has 0 saturated carbocycles. The number of anilines is 1. The molecule has 5 nitrogen and oxygen atoms in total. The van der Waals surface area contributed by atoms with Crippen molar-refractivity contribution in [2.75, 3.05) is 5.32 Å². The number of nitriles is 1. The van der Waals surface area contributed by atoms with Crippen LogP contribution in [0, 0.1) is 11.3 Å². The molecule has 0 aromatic heterocycles. The highest BCUT2D eigenvalue weighted by atomic mass is 16.2. The lowest BCUT2D eigenvalue weighted by atomic mass is 9.87. The lowest BCUT2D eigenvalue weighted by Gasteiger charge is -2.19. The summed E-state index contributed by atoms with van der Waals surface area (Å²) in [7, 11) is 0. The fourth-order valence-corrected chi connectivity index (χ4v) is 2.44. The molecule has 0 radical (unpaired) electrons. The number of rotatable bonds is 5. The minimum Gasteiger partial charge on any atom is -0.351 e. The van der Waals surface area contributed by atoms with Gasteiger partial charge in [0.15, 0.2) is 0 Å². The van der Waals surface area contributed by atoms with Crippen LogP contribution in [0.5, 0.6) is 0 Å². The molecule has 2 amide bonds. The third-order valence-electron chi connectivity index (χ3n) is 3.99. The minimum atomic E-state index is -0.341. The van der Waals surface area contributed by atoms with Gasteiger partial charge < -0.3 is 10.6 Å². The summed E-state index contributed by atoms with van der Waals surface area (Å²) in [4.78, 5) is 24.0. The van der Waals surface area contributed by atoms with Gasteiger partial charge in [-0.2, -0.15) is 5.26 Å². The molecule has 0 atom stereocenters. The van der Waals surface area contributed by atoms with Crippen molar-refractivity contribution >= 4 is 17.5 Å². The molecule has 0 aliphatic carbocycles. The SMILES string of the molecule is CC(C)(C)c1ccc(C(=O)Nc2ccccc2CNC(=O)CC#N)cc1. The van der Waals surface area contributed by atoms with Crippen molar-refractivity contribution in [2.24, 2.45) is 0 Å². The molecule has 0 bridgehead atoms. The fraction of sp³-hybridized carbons (Fsp3) is 0.286. The van der Waals surface area contributed by atoms with E-state index in [1.807, 2.05) is 42.5 Å². The van der Waals surface area contributed by atoms with Crippen LogP contribution in [0.25, 0.3) is 0 Å². The second-order valence-electron chi connectivity index (χ2n) is 7.05. The van der Waals surface area contributed by atoms with Crippen LogP contribution in [-0.2, 0) is 16.8 Å². The number of carbonyl (C=O) groups is 2. The number of para-hydroxylation sites is 1. The maximum atomic E-state index is 12.5. The standard InChI is InChI=1S/C21H23N3O2/c1-21(2,3)17-10-8-15(9-11-17)20(26)24-18-7-5-4-6-16(18)14-23-19(25)12-13-22/h4-11H,12,14H2,1-3H3,(H,23,25)(H,24,26). The summed E-state index contributed by atoms with van der Waals surface area (Å²) >= 11 is 0. The zero-order chi connectivity index (χ0) is 19.2. The molecule has 0 fully saturated rings. The molecular formula is C21H23N3O2. The van der Waals surface area contributed by atoms with Gasteiger partial charge in [0.2, 0.25) is 5.91 Å². The number of amides is 2. The number of hydrogen-bond donors (Lipinski definition) is 2. The van der Waals surface area contributed by atoms with E-state index in [4.69, 9.17) is 5.26 Å². The lowest BCUT2D eigenvalue weighted by Crippen LogP contribution is -2.23. The molecule has 5 heteroatoms. The predicted molar refractivity (Wildman–Crippen MR) is 102 cm³/mol. The van der Waals surface area contributed by atoms with Crippen LogP contribution in [0.15, 0.2) is 48.5 Å². The lowest BCUT2D eigenvalue weighted by molar-refractivity contribution is -0.120. The highest BCUT2D eigenvalue weighted by molar-refractivity contribution is 6.04. The molecule has 0 unspecified atom stereocenters. The Morgan fingerprint density at radius 1 is 1.04 bits per heavy atom. The molecule has 0 spiro atoms. The van der Waals surface area contributed by atoms with Crippen LogP contribution in [-0.4, -0.2) is 11.8 Å². The molecule has 0 saturated heterocycles. The summed E-state index contributed by atoms with van der Waals surface area (Å²) in [6.07, 6.45) is -0.186. The van der Waals surface area contributed by atoms with E-state index in [1.165, 1.54) is 0 Å². The topological polar surface area (TPSA) is 82.0 Å². The van der Waals surface area contributed by atoms with E-state index in [-0.39, 0.29) is 30.2 Å². The van der Waals surface area contributed by atoms with Crippen molar-refractivity contribution < 1.29 is 9.59 Å². The Bertz CT molecular complexity index is 828. The van der Waals surface area contributed by atoms with Gasteiger partial charge in [-0.1, -0.05) is 51.1 Å². The Labute approximate surface area is 154 Å². The van der Waals surface area contributed by atoms with E-state index < -0.39 is 0 Å². The second kappa shape index (κ2) is 8.30. The molecule has 2 aromatic rings. The Hall–Kier alpha value is -3.13. The third kappa shape index (κ3) is 5.18. The number of nitrogens with one attached hydrogen (secondary N) is 2. The number of benzene rings is 2. The first kappa shape index (κ1) is 19.2. The summed E-state index contributed by atoms with van der Waals surface area (Å²) in [5.74, 6) is -0.548. The van der Waals surface area contributed by atoms with Gasteiger partial charge in [-0.25, -0.2) is 0 Å². The maximum absolute atomic E-state index is 12.5. The normalized spacial score (nSPS) is 10.7. The van der Waals surface area contributed by atoms with Gasteiger partial charge in [0.05, 0.1) is 6.07 Å². The number of hydrogen-bond acceptors (Lipinski definition) is 3. The molecule has 2 aromatic carbocycles. The van der Waals surface area contributed by atoms with Crippen LogP contribution in [0.4, 0.5) is 5.69 Å². The largest absolute Gasteiger partial charge is 0.351 e. The average Bonchev–Trinajstić information content (AvgIpc) is 2.60. The molecular weight excluding hydrogens is 326 g/mol. The predicted octanol–water partition coefficient (Wildman–Crippen LogP) is 3.77. The highest BCUT2D eigenvalue weighted by Crippen LogP contribution is 2.23. The van der Waals surface area contributed by atoms with Crippen molar-refractivity contribution in [1.29, 1.82) is 5.26 Å². The van der Waals surface area contributed by atoms with Gasteiger partial charge in [-0.05, 0) is 34.7 Å². The summed E-state index contributed by atoms with van der Waals surface area (Å²) < 4.78 is 0. The fourth-order valence-electron chi connectivity index (χ4n) is 2.44. The third-order valence-corrected chi connectivity index (χ3v) is 3.99. The Balaban J connectivity index is 2.09. The van der Waals surface area contributed by atoms with E-state index in [2.05, 4.69) is 31.4 Å². The molecule has 0 aliphatic rings. The Kier molecular flexibility index (Phi) is 6.13. The van der Waals surface area contributed by atoms with Crippen LogP contribution in [0.2, 0.25) is 0 Å². The van der Waals surface area contributed by atoms with Crippen molar-refractivity contribution in [3.63, 3.8) is 0 Å². The van der Waals surface area contributed by atoms with Crippen LogP contribution < -0.4 is 10.6 Å². The quantitative estimate of drug-likeness (QED) is 0.862. The van der Waals surface area contributed by atoms with Crippen molar-refractivity contribution in [3.05, 3.63) is 65.2 Å². The zero-order valence-corrected chi connectivity index (χ0v) is 15.3. The van der Waals surface area contributed by atoms with Crippen LogP contribution in [0.3, 0.4) is 0 Å². The average molecular weight is 349 g/mol. The molecule has 134 valence electrons. The van der Waals surface area contributed by atoms with Gasteiger partial charge in [0.1, 0.15) is 6.42 Å². The van der Waals surface area contributed by atoms with Crippen LogP contribution in [0.1, 0.15) is 48.7 Å². The molecule has 2 rings (SSSR count). The van der Waals surface area contributed by atoms with E-state index in [9.17, 15) is 9.59 Å². The van der Waals surface area contributed by atoms with Gasteiger partial charge in [0, 0.05) is 17.8 Å². The van der Waals surface area contributed by atoms with Gasteiger partial charge >= 0.3 is 0 Å². The zero-order valence-electron chi connectivity index (χ0n) is 15.3. The Morgan fingerprint density at radius 2 is 1.69 bits per heavy atom. The van der Waals surface area contributed by atoms with Crippen molar-refractivity contribution in [2.45, 2.75) is 39.2 Å². The monoisotopic (exact) mass is 349 g/mol. The van der Waals surface area contributed by atoms with Crippen molar-refractivity contribution in [3.8, 4) is 6.07 Å². The minimum absolute atomic E-state index is 0.0310. The highest BCUT2D eigenvalue weighted by Gasteiger charge is 2.15. The van der Waals surface area contributed by atoms with E-state index in [1.54, 1.807) is 12.1 Å². The van der Waals surface area contributed by atoms with Gasteiger partial charge in [0.25, 0.3) is 5.91 Å². The summed E-state index contributed by atoms with van der Waals surface area (Å²) in [6.45, 7) is 6.62. The summed E-state index contributed by atoms with van der Waals surface area (Å²) in [5, 5.41) is 14.1. The first-order valence-electron chi connectivity index (χ1n) is 8.44. The number of nitrogens with zero attached hydrogens (tertiary/aromatic N) is 1. The molecule has 26 heavy (non-hydrogen) atoms. The summed E-state index contributed by atoms with van der Waals surface area (Å²) in [5.41, 5.74) is 3.17. The first-order valence-corrected chi connectivity index (χ1v) is 8.44. The van der Waals surface area contributed by atoms with Gasteiger partial charge in [-0.15, -0.1) is 0 Å². The molecule has 2 N–H and O–H groups in total. The molecule has 0 aliphatic heterocycles. The van der Waals surface area contributed by atoms with Gasteiger partial charge in [-0.3, -0.25) is 9.59 Å². The first-order chi connectivity index (χ1) is 12.3. The smallest absolute Gasteiger partial charge is 0.255 e. The Morgan fingerprint density at radius 3 is 2.31 bits per heavy atom.